The second kappa shape index (κ2) is 9.33. The molecule has 0 aliphatic heterocycles. The quantitative estimate of drug-likeness (QED) is 0.266. The molecule has 0 atom stereocenters. The zero-order valence-corrected chi connectivity index (χ0v) is 18.4. The number of amides is 2. The van der Waals surface area contributed by atoms with Crippen LogP contribution in [0.2, 0.25) is 0 Å². The molecule has 2 heterocycles. The highest BCUT2D eigenvalue weighted by Gasteiger charge is 2.16. The number of carbonyl (C=O) groups excluding carboxylic acids is 2. The minimum absolute atomic E-state index is 0.0631. The highest BCUT2D eigenvalue weighted by Crippen LogP contribution is 2.31. The summed E-state index contributed by atoms with van der Waals surface area (Å²) in [5, 5.41) is 2.84. The van der Waals surface area contributed by atoms with Gasteiger partial charge in [0.1, 0.15) is 10.6 Å². The highest BCUT2D eigenvalue weighted by molar-refractivity contribution is 7.99. The van der Waals surface area contributed by atoms with Crippen molar-refractivity contribution >= 4 is 45.1 Å². The molecule has 7 nitrogen and oxygen atoms in total. The van der Waals surface area contributed by atoms with Crippen LogP contribution in [-0.2, 0) is 11.8 Å². The van der Waals surface area contributed by atoms with Crippen LogP contribution < -0.4 is 16.4 Å². The molecule has 0 saturated heterocycles. The van der Waals surface area contributed by atoms with E-state index in [2.05, 4.69) is 15.8 Å². The van der Waals surface area contributed by atoms with Crippen LogP contribution in [0.3, 0.4) is 0 Å². The second-order valence-electron chi connectivity index (χ2n) is 6.75. The van der Waals surface area contributed by atoms with Crippen molar-refractivity contribution in [2.45, 2.75) is 5.16 Å². The van der Waals surface area contributed by atoms with E-state index in [1.165, 1.54) is 28.0 Å². The van der Waals surface area contributed by atoms with Crippen molar-refractivity contribution in [3.05, 3.63) is 81.7 Å². The number of aromatic nitrogens is 2. The third-order valence-corrected chi connectivity index (χ3v) is 6.52. The minimum atomic E-state index is -0.567. The molecule has 0 saturated carbocycles. The fraction of sp³-hybridized carbons (Fsp3) is 0.0909. The average Bonchev–Trinajstić information content (AvgIpc) is 3.24. The maximum absolute atomic E-state index is 13.0. The Balaban J connectivity index is 1.44. The summed E-state index contributed by atoms with van der Waals surface area (Å²) in [5.41, 5.74) is 6.35. The second-order valence-corrected chi connectivity index (χ2v) is 8.55. The van der Waals surface area contributed by atoms with Crippen molar-refractivity contribution in [3.63, 3.8) is 0 Å². The summed E-state index contributed by atoms with van der Waals surface area (Å²) in [6.07, 6.45) is 0. The molecular weight excluding hydrogens is 451 g/mol. The van der Waals surface area contributed by atoms with Crippen molar-refractivity contribution in [2.24, 2.45) is 7.05 Å². The van der Waals surface area contributed by atoms with Crippen molar-refractivity contribution in [2.75, 3.05) is 5.75 Å². The first-order valence-electron chi connectivity index (χ1n) is 9.45. The number of hydrazine groups is 1. The Morgan fingerprint density at radius 2 is 1.81 bits per heavy atom. The molecule has 32 heavy (non-hydrogen) atoms. The summed E-state index contributed by atoms with van der Waals surface area (Å²) in [6.45, 7) is 0. The first kappa shape index (κ1) is 21.7. The van der Waals surface area contributed by atoms with E-state index in [0.29, 0.717) is 15.4 Å². The lowest BCUT2D eigenvalue weighted by atomic mass is 10.1. The molecule has 4 rings (SSSR count). The Hall–Kier alpha value is -3.50. The summed E-state index contributed by atoms with van der Waals surface area (Å²) in [4.78, 5) is 42.2. The normalized spacial score (nSPS) is 10.8. The topological polar surface area (TPSA) is 93.1 Å². The number of thioether (sulfide) groups is 1. The zero-order chi connectivity index (χ0) is 22.7. The van der Waals surface area contributed by atoms with E-state index in [9.17, 15) is 18.8 Å². The fourth-order valence-corrected chi connectivity index (χ4v) is 4.74. The third-order valence-electron chi connectivity index (χ3n) is 4.61. The first-order chi connectivity index (χ1) is 15.4. The molecule has 0 bridgehead atoms. The Labute approximate surface area is 190 Å². The Bertz CT molecular complexity index is 1350. The van der Waals surface area contributed by atoms with Gasteiger partial charge in [0.15, 0.2) is 5.16 Å². The Kier molecular flexibility index (Phi) is 6.33. The van der Waals surface area contributed by atoms with Crippen LogP contribution in [-0.4, -0.2) is 27.1 Å². The van der Waals surface area contributed by atoms with E-state index in [4.69, 9.17) is 0 Å². The maximum atomic E-state index is 13.0. The molecule has 2 aromatic carbocycles. The van der Waals surface area contributed by atoms with Gasteiger partial charge in [-0.2, -0.15) is 0 Å². The molecule has 0 unspecified atom stereocenters. The van der Waals surface area contributed by atoms with Gasteiger partial charge in [-0.3, -0.25) is 29.8 Å². The number of thiophene rings is 1. The van der Waals surface area contributed by atoms with Gasteiger partial charge in [0.05, 0.1) is 11.1 Å². The summed E-state index contributed by atoms with van der Waals surface area (Å²) in [5.74, 6) is -1.57. The van der Waals surface area contributed by atoms with Crippen LogP contribution in [0, 0.1) is 5.82 Å². The molecule has 4 aromatic rings. The molecule has 0 radical (unpaired) electrons. The maximum Gasteiger partial charge on any atom is 0.269 e. The van der Waals surface area contributed by atoms with Gasteiger partial charge in [0.2, 0.25) is 5.91 Å². The number of hydrogen-bond donors (Lipinski definition) is 2. The van der Waals surface area contributed by atoms with Gasteiger partial charge in [-0.1, -0.05) is 42.1 Å². The summed E-state index contributed by atoms with van der Waals surface area (Å²) >= 11 is 2.46. The molecule has 162 valence electrons. The number of fused-ring (bicyclic) bond motifs is 1. The SMILES string of the molecule is Cn1c(SCC(=O)NNC(=O)c2ccc(F)cc2)nc2scc(-c3ccccc3)c2c1=O. The monoisotopic (exact) mass is 468 g/mol. The van der Waals surface area contributed by atoms with Gasteiger partial charge < -0.3 is 0 Å². The van der Waals surface area contributed by atoms with E-state index in [-0.39, 0.29) is 16.9 Å². The summed E-state index contributed by atoms with van der Waals surface area (Å²) < 4.78 is 14.4. The van der Waals surface area contributed by atoms with Gasteiger partial charge in [0.25, 0.3) is 11.5 Å². The first-order valence-corrected chi connectivity index (χ1v) is 11.3. The van der Waals surface area contributed by atoms with Crippen LogP contribution in [0.4, 0.5) is 4.39 Å². The minimum Gasteiger partial charge on any atom is -0.290 e. The number of hydrogen-bond acceptors (Lipinski definition) is 6. The van der Waals surface area contributed by atoms with Crippen molar-refractivity contribution < 1.29 is 14.0 Å². The molecule has 10 heteroatoms. The predicted molar refractivity (Wildman–Crippen MR) is 123 cm³/mol. The van der Waals surface area contributed by atoms with Crippen molar-refractivity contribution in [1.82, 2.24) is 20.4 Å². The van der Waals surface area contributed by atoms with Gasteiger partial charge in [-0.25, -0.2) is 9.37 Å². The van der Waals surface area contributed by atoms with Gasteiger partial charge in [-0.05, 0) is 29.8 Å². The fourth-order valence-electron chi connectivity index (χ4n) is 2.98. The van der Waals surface area contributed by atoms with Crippen LogP contribution in [0.5, 0.6) is 0 Å². The molecule has 0 fully saturated rings. The predicted octanol–water partition coefficient (Wildman–Crippen LogP) is 3.35. The number of nitrogens with zero attached hydrogens (tertiary/aromatic N) is 2. The molecule has 0 spiro atoms. The van der Waals surface area contributed by atoms with E-state index in [1.807, 2.05) is 35.7 Å². The van der Waals surface area contributed by atoms with Crippen LogP contribution in [0.1, 0.15) is 10.4 Å². The number of benzene rings is 2. The van der Waals surface area contributed by atoms with Crippen LogP contribution in [0.25, 0.3) is 21.3 Å². The van der Waals surface area contributed by atoms with E-state index in [0.717, 1.165) is 35.0 Å². The number of rotatable bonds is 5. The largest absolute Gasteiger partial charge is 0.290 e. The summed E-state index contributed by atoms with van der Waals surface area (Å²) in [7, 11) is 1.61. The number of halogens is 1. The van der Waals surface area contributed by atoms with E-state index < -0.39 is 17.6 Å². The lowest BCUT2D eigenvalue weighted by Gasteiger charge is -2.09. The number of nitrogens with one attached hydrogen (secondary N) is 2. The third kappa shape index (κ3) is 4.56. The Morgan fingerprint density at radius 3 is 2.53 bits per heavy atom. The highest BCUT2D eigenvalue weighted by atomic mass is 32.2. The lowest BCUT2D eigenvalue weighted by molar-refractivity contribution is -0.119. The van der Waals surface area contributed by atoms with Crippen molar-refractivity contribution in [1.29, 1.82) is 0 Å². The Morgan fingerprint density at radius 1 is 1.09 bits per heavy atom. The smallest absolute Gasteiger partial charge is 0.269 e. The standard InChI is InChI=1S/C22H17FN4O3S2/c1-27-21(30)18-16(13-5-3-2-4-6-13)11-31-20(18)24-22(27)32-12-17(28)25-26-19(29)14-7-9-15(23)10-8-14/h2-11H,12H2,1H3,(H,25,28)(H,26,29). The zero-order valence-electron chi connectivity index (χ0n) is 16.8. The van der Waals surface area contributed by atoms with Crippen LogP contribution in [0.15, 0.2) is 69.9 Å². The van der Waals surface area contributed by atoms with E-state index >= 15 is 0 Å². The molecular formula is C22H17FN4O3S2. The van der Waals surface area contributed by atoms with Gasteiger partial charge >= 0.3 is 0 Å². The van der Waals surface area contributed by atoms with Crippen LogP contribution >= 0.6 is 23.1 Å². The summed E-state index contributed by atoms with van der Waals surface area (Å²) in [6, 6.07) is 14.5. The number of carbonyl (C=O) groups is 2. The van der Waals surface area contributed by atoms with Crippen molar-refractivity contribution in [3.8, 4) is 11.1 Å². The molecule has 0 aliphatic rings. The van der Waals surface area contributed by atoms with Gasteiger partial charge in [-0.15, -0.1) is 11.3 Å². The average molecular weight is 469 g/mol. The van der Waals surface area contributed by atoms with Gasteiger partial charge in [0, 0.05) is 23.6 Å². The molecule has 2 aromatic heterocycles. The molecule has 2 amide bonds. The lowest BCUT2D eigenvalue weighted by Crippen LogP contribution is -2.42. The van der Waals surface area contributed by atoms with E-state index in [1.54, 1.807) is 7.05 Å². The molecule has 2 N–H and O–H groups in total. The molecule has 0 aliphatic carbocycles.